The van der Waals surface area contributed by atoms with Gasteiger partial charge in [-0.2, -0.15) is 0 Å². The summed E-state index contributed by atoms with van der Waals surface area (Å²) in [6.45, 7) is 8.68. The minimum Gasteiger partial charge on any atom is -0.291 e. The fraction of sp³-hybridized carbons (Fsp3) is 0.364. The van der Waals surface area contributed by atoms with Crippen molar-refractivity contribution in [3.05, 3.63) is 71.8 Å². The van der Waals surface area contributed by atoms with Crippen molar-refractivity contribution < 1.29 is 0 Å². The molecule has 0 aromatic heterocycles. The molecule has 1 heteroatoms. The van der Waals surface area contributed by atoms with Crippen LogP contribution in [0.3, 0.4) is 0 Å². The van der Waals surface area contributed by atoms with E-state index < -0.39 is 0 Å². The van der Waals surface area contributed by atoms with Gasteiger partial charge in [-0.3, -0.25) is 4.90 Å². The van der Waals surface area contributed by atoms with E-state index in [4.69, 9.17) is 0 Å². The fourth-order valence-electron chi connectivity index (χ4n) is 2.97. The lowest BCUT2D eigenvalue weighted by atomic mass is 9.89. The molecule has 0 bridgehead atoms. The summed E-state index contributed by atoms with van der Waals surface area (Å²) < 4.78 is 0. The predicted octanol–water partition coefficient (Wildman–Crippen LogP) is 4.94. The lowest BCUT2D eigenvalue weighted by Gasteiger charge is -2.21. The standard InChI is InChI=1S/C22H27N/c1-4-23(5-2)19(3)13-12-18-22(20-14-8-6-9-15-20)21-16-10-7-11-17-21/h6-11,14-17,19,22H,4-5,18H2,1-3H3. The molecule has 2 rings (SSSR count). The molecule has 120 valence electrons. The Hall–Kier alpha value is -2.04. The van der Waals surface area contributed by atoms with Gasteiger partial charge in [0.2, 0.25) is 0 Å². The molecule has 2 aromatic carbocycles. The first-order valence-electron chi connectivity index (χ1n) is 8.58. The average Bonchev–Trinajstić information content (AvgIpc) is 2.61. The monoisotopic (exact) mass is 305 g/mol. The summed E-state index contributed by atoms with van der Waals surface area (Å²) in [7, 11) is 0. The Morgan fingerprint density at radius 3 is 1.74 bits per heavy atom. The molecule has 0 radical (unpaired) electrons. The Labute approximate surface area is 141 Å². The van der Waals surface area contributed by atoms with Gasteiger partial charge in [0.05, 0.1) is 6.04 Å². The average molecular weight is 305 g/mol. The molecule has 0 heterocycles. The summed E-state index contributed by atoms with van der Waals surface area (Å²) in [4.78, 5) is 2.38. The number of hydrogen-bond donors (Lipinski definition) is 0. The Kier molecular flexibility index (Phi) is 6.91. The molecule has 0 fully saturated rings. The Morgan fingerprint density at radius 2 is 1.30 bits per heavy atom. The van der Waals surface area contributed by atoms with Crippen LogP contribution in [-0.2, 0) is 0 Å². The highest BCUT2D eigenvalue weighted by atomic mass is 15.1. The van der Waals surface area contributed by atoms with E-state index in [1.807, 2.05) is 0 Å². The third kappa shape index (κ3) is 4.98. The molecular weight excluding hydrogens is 278 g/mol. The predicted molar refractivity (Wildman–Crippen MR) is 99.5 cm³/mol. The molecule has 0 spiro atoms. The quantitative estimate of drug-likeness (QED) is 0.683. The smallest absolute Gasteiger partial charge is 0.0685 e. The van der Waals surface area contributed by atoms with Crippen LogP contribution >= 0.6 is 0 Å². The number of hydrogen-bond acceptors (Lipinski definition) is 1. The van der Waals surface area contributed by atoms with Crippen molar-refractivity contribution in [1.82, 2.24) is 4.90 Å². The second-order valence-electron chi connectivity index (χ2n) is 5.80. The second-order valence-corrected chi connectivity index (χ2v) is 5.80. The van der Waals surface area contributed by atoms with Gasteiger partial charge in [0, 0.05) is 12.3 Å². The van der Waals surface area contributed by atoms with Crippen LogP contribution in [0.25, 0.3) is 0 Å². The fourth-order valence-corrected chi connectivity index (χ4v) is 2.97. The first-order valence-corrected chi connectivity index (χ1v) is 8.58. The highest BCUT2D eigenvalue weighted by Crippen LogP contribution is 2.27. The number of rotatable bonds is 6. The summed E-state index contributed by atoms with van der Waals surface area (Å²) in [5.74, 6) is 7.21. The van der Waals surface area contributed by atoms with Gasteiger partial charge in [-0.05, 0) is 31.1 Å². The zero-order valence-corrected chi connectivity index (χ0v) is 14.5. The van der Waals surface area contributed by atoms with E-state index in [-0.39, 0.29) is 0 Å². The van der Waals surface area contributed by atoms with Crippen LogP contribution in [0.1, 0.15) is 44.2 Å². The van der Waals surface area contributed by atoms with Crippen molar-refractivity contribution in [1.29, 1.82) is 0 Å². The van der Waals surface area contributed by atoms with E-state index in [0.717, 1.165) is 19.5 Å². The van der Waals surface area contributed by atoms with Crippen molar-refractivity contribution in [2.75, 3.05) is 13.1 Å². The van der Waals surface area contributed by atoms with Gasteiger partial charge in [-0.1, -0.05) is 80.4 Å². The maximum atomic E-state index is 3.44. The summed E-state index contributed by atoms with van der Waals surface area (Å²) in [6.07, 6.45) is 0.861. The van der Waals surface area contributed by atoms with Crippen molar-refractivity contribution in [3.8, 4) is 11.8 Å². The van der Waals surface area contributed by atoms with Gasteiger partial charge in [0.1, 0.15) is 0 Å². The number of benzene rings is 2. The molecular formula is C22H27N. The molecule has 0 saturated carbocycles. The van der Waals surface area contributed by atoms with E-state index in [9.17, 15) is 0 Å². The van der Waals surface area contributed by atoms with E-state index >= 15 is 0 Å². The maximum Gasteiger partial charge on any atom is 0.0685 e. The molecule has 0 saturated heterocycles. The first-order chi connectivity index (χ1) is 11.3. The van der Waals surface area contributed by atoms with Gasteiger partial charge in [-0.25, -0.2) is 0 Å². The van der Waals surface area contributed by atoms with Crippen LogP contribution in [0.5, 0.6) is 0 Å². The van der Waals surface area contributed by atoms with Crippen molar-refractivity contribution in [2.45, 2.75) is 39.2 Å². The van der Waals surface area contributed by atoms with E-state index in [1.165, 1.54) is 11.1 Å². The zero-order chi connectivity index (χ0) is 16.5. The van der Waals surface area contributed by atoms with Crippen LogP contribution in [0, 0.1) is 11.8 Å². The van der Waals surface area contributed by atoms with Gasteiger partial charge >= 0.3 is 0 Å². The van der Waals surface area contributed by atoms with Gasteiger partial charge in [0.25, 0.3) is 0 Å². The van der Waals surface area contributed by atoms with Gasteiger partial charge < -0.3 is 0 Å². The second kappa shape index (κ2) is 9.18. The SMILES string of the molecule is CCN(CC)C(C)C#CCC(c1ccccc1)c1ccccc1. The maximum absolute atomic E-state index is 3.44. The molecule has 1 atom stereocenters. The normalized spacial score (nSPS) is 12.0. The van der Waals surface area contributed by atoms with Crippen LogP contribution in [0.4, 0.5) is 0 Å². The highest BCUT2D eigenvalue weighted by molar-refractivity contribution is 5.34. The largest absolute Gasteiger partial charge is 0.291 e. The molecule has 0 aliphatic rings. The van der Waals surface area contributed by atoms with Crippen LogP contribution < -0.4 is 0 Å². The van der Waals surface area contributed by atoms with Crippen LogP contribution in [0.15, 0.2) is 60.7 Å². The molecule has 0 aliphatic heterocycles. The van der Waals surface area contributed by atoms with Crippen molar-refractivity contribution >= 4 is 0 Å². The minimum atomic E-state index is 0.317. The summed E-state index contributed by atoms with van der Waals surface area (Å²) in [5.41, 5.74) is 2.67. The topological polar surface area (TPSA) is 3.24 Å². The minimum absolute atomic E-state index is 0.317. The third-order valence-electron chi connectivity index (χ3n) is 4.38. The van der Waals surface area contributed by atoms with Crippen molar-refractivity contribution in [2.24, 2.45) is 0 Å². The molecule has 1 unspecified atom stereocenters. The molecule has 0 N–H and O–H groups in total. The van der Waals surface area contributed by atoms with Crippen LogP contribution in [0.2, 0.25) is 0 Å². The summed E-state index contributed by atoms with van der Waals surface area (Å²) in [5, 5.41) is 0. The molecule has 1 nitrogen and oxygen atoms in total. The summed E-state index contributed by atoms with van der Waals surface area (Å²) >= 11 is 0. The van der Waals surface area contributed by atoms with Crippen molar-refractivity contribution in [3.63, 3.8) is 0 Å². The van der Waals surface area contributed by atoms with Gasteiger partial charge in [-0.15, -0.1) is 5.92 Å². The highest BCUT2D eigenvalue weighted by Gasteiger charge is 2.12. The molecule has 23 heavy (non-hydrogen) atoms. The first kappa shape index (κ1) is 17.3. The zero-order valence-electron chi connectivity index (χ0n) is 14.5. The molecule has 2 aromatic rings. The Morgan fingerprint density at radius 1 is 0.826 bits per heavy atom. The summed E-state index contributed by atoms with van der Waals surface area (Å²) in [6, 6.07) is 21.7. The van der Waals surface area contributed by atoms with E-state index in [2.05, 4.69) is 98.2 Å². The number of nitrogens with zero attached hydrogens (tertiary/aromatic N) is 1. The lowest BCUT2D eigenvalue weighted by Crippen LogP contribution is -2.31. The van der Waals surface area contributed by atoms with E-state index in [1.54, 1.807) is 0 Å². The van der Waals surface area contributed by atoms with Gasteiger partial charge in [0.15, 0.2) is 0 Å². The van der Waals surface area contributed by atoms with E-state index in [0.29, 0.717) is 12.0 Å². The lowest BCUT2D eigenvalue weighted by molar-refractivity contribution is 0.275. The Bertz CT molecular complexity index is 578. The Balaban J connectivity index is 2.17. The van der Waals surface area contributed by atoms with Crippen LogP contribution in [-0.4, -0.2) is 24.0 Å². The molecule has 0 amide bonds. The third-order valence-corrected chi connectivity index (χ3v) is 4.38. The molecule has 0 aliphatic carbocycles.